The fourth-order valence-electron chi connectivity index (χ4n) is 4.24. The molecule has 0 amide bonds. The first-order valence-electron chi connectivity index (χ1n) is 8.50. The van der Waals surface area contributed by atoms with Crippen LogP contribution in [0.2, 0.25) is 0 Å². The van der Waals surface area contributed by atoms with E-state index in [0.29, 0.717) is 5.92 Å². The molecule has 2 aliphatic heterocycles. The van der Waals surface area contributed by atoms with Gasteiger partial charge in [-0.25, -0.2) is 4.79 Å². The highest BCUT2D eigenvalue weighted by molar-refractivity contribution is 5.97. The van der Waals surface area contributed by atoms with E-state index in [9.17, 15) is 4.79 Å². The highest BCUT2D eigenvalue weighted by Crippen LogP contribution is 2.50. The third kappa shape index (κ3) is 2.00. The summed E-state index contributed by atoms with van der Waals surface area (Å²) < 4.78 is 5.72. The van der Waals surface area contributed by atoms with Crippen LogP contribution in [-0.4, -0.2) is 20.1 Å². The molecule has 2 aliphatic rings. The van der Waals surface area contributed by atoms with Gasteiger partial charge in [0.05, 0.1) is 5.69 Å². The van der Waals surface area contributed by atoms with Crippen LogP contribution in [0, 0.1) is 0 Å². The molecule has 23 heavy (non-hydrogen) atoms. The second kappa shape index (κ2) is 4.76. The molecule has 0 fully saturated rings. The topological polar surface area (TPSA) is 45.5 Å². The Kier molecular flexibility index (Phi) is 3.03. The zero-order valence-corrected chi connectivity index (χ0v) is 14.3. The molecule has 1 unspecified atom stereocenters. The maximum absolute atomic E-state index is 12.1. The van der Waals surface area contributed by atoms with Crippen LogP contribution in [0.15, 0.2) is 21.3 Å². The van der Waals surface area contributed by atoms with Crippen LogP contribution >= 0.6 is 0 Å². The molecule has 2 aromatic rings. The van der Waals surface area contributed by atoms with Crippen molar-refractivity contribution in [2.45, 2.75) is 44.9 Å². The van der Waals surface area contributed by atoms with Crippen LogP contribution < -0.4 is 15.8 Å². The Morgan fingerprint density at radius 2 is 2.09 bits per heavy atom. The monoisotopic (exact) mass is 312 g/mol. The molecule has 1 atom stereocenters. The fraction of sp³-hybridized carbons (Fsp3) is 0.526. The fourth-order valence-corrected chi connectivity index (χ4v) is 4.24. The summed E-state index contributed by atoms with van der Waals surface area (Å²) in [6.45, 7) is 9.02. The molecule has 0 bridgehead atoms. The van der Waals surface area contributed by atoms with Gasteiger partial charge in [0.25, 0.3) is 0 Å². The van der Waals surface area contributed by atoms with E-state index in [2.05, 4.69) is 37.1 Å². The average Bonchev–Trinajstić information content (AvgIpc) is 2.51. The largest absolute Gasteiger partial charge is 0.422 e. The summed E-state index contributed by atoms with van der Waals surface area (Å²) in [4.78, 5) is 14.5. The summed E-state index contributed by atoms with van der Waals surface area (Å²) in [5.74, 6) is 0.537. The van der Waals surface area contributed by atoms with Crippen molar-refractivity contribution in [2.24, 2.45) is 0 Å². The van der Waals surface area contributed by atoms with Crippen LogP contribution in [0.25, 0.3) is 11.0 Å². The molecule has 122 valence electrons. The van der Waals surface area contributed by atoms with Crippen LogP contribution in [-0.2, 0) is 5.41 Å². The molecular formula is C19H24N2O2. The van der Waals surface area contributed by atoms with Gasteiger partial charge >= 0.3 is 5.63 Å². The van der Waals surface area contributed by atoms with Gasteiger partial charge in [-0.15, -0.1) is 0 Å². The van der Waals surface area contributed by atoms with Crippen molar-refractivity contribution in [3.05, 3.63) is 33.7 Å². The molecule has 0 aliphatic carbocycles. The zero-order valence-electron chi connectivity index (χ0n) is 14.3. The van der Waals surface area contributed by atoms with Crippen molar-refractivity contribution in [3.63, 3.8) is 0 Å². The van der Waals surface area contributed by atoms with Crippen molar-refractivity contribution in [1.29, 1.82) is 0 Å². The number of benzene rings is 1. The highest BCUT2D eigenvalue weighted by atomic mass is 16.4. The third-order valence-corrected chi connectivity index (χ3v) is 5.67. The minimum absolute atomic E-state index is 0.0134. The minimum atomic E-state index is -0.283. The normalized spacial score (nSPS) is 22.1. The standard InChI is InChI=1S/C19H24N2O2/c1-11-5-7-21-8-6-19(2,3)16-17(21)12(11)9-13-14(20-4)10-15(22)23-18(13)16/h9-11,20H,5-8H2,1-4H3. The second-order valence-corrected chi connectivity index (χ2v) is 7.61. The molecular weight excluding hydrogens is 288 g/mol. The van der Waals surface area contributed by atoms with Crippen LogP contribution in [0.3, 0.4) is 0 Å². The number of fused-ring (bicyclic) bond motifs is 2. The van der Waals surface area contributed by atoms with Gasteiger partial charge in [0.15, 0.2) is 0 Å². The van der Waals surface area contributed by atoms with Crippen molar-refractivity contribution in [2.75, 3.05) is 30.4 Å². The van der Waals surface area contributed by atoms with Crippen LogP contribution in [0.1, 0.15) is 50.7 Å². The van der Waals surface area contributed by atoms with Gasteiger partial charge in [-0.1, -0.05) is 20.8 Å². The van der Waals surface area contributed by atoms with Crippen molar-refractivity contribution in [3.8, 4) is 0 Å². The summed E-state index contributed by atoms with van der Waals surface area (Å²) in [5.41, 5.74) is 5.30. The lowest BCUT2D eigenvalue weighted by Crippen LogP contribution is -2.41. The molecule has 0 radical (unpaired) electrons. The van der Waals surface area contributed by atoms with Crippen molar-refractivity contribution >= 4 is 22.3 Å². The molecule has 4 rings (SSSR count). The first kappa shape index (κ1) is 14.6. The molecule has 4 heteroatoms. The maximum Gasteiger partial charge on any atom is 0.338 e. The number of nitrogens with one attached hydrogen (secondary N) is 1. The summed E-state index contributed by atoms with van der Waals surface area (Å²) in [7, 11) is 1.86. The Balaban J connectivity index is 2.20. The molecule has 1 aromatic heterocycles. The quantitative estimate of drug-likeness (QED) is 0.813. The van der Waals surface area contributed by atoms with Gasteiger partial charge in [0.1, 0.15) is 5.58 Å². The second-order valence-electron chi connectivity index (χ2n) is 7.61. The van der Waals surface area contributed by atoms with Gasteiger partial charge in [0.2, 0.25) is 0 Å². The SMILES string of the molecule is CNc1cc(=O)oc2c3c4c(cc12)C(C)CCN4CCC3(C)C. The Morgan fingerprint density at radius 1 is 1.30 bits per heavy atom. The van der Waals surface area contributed by atoms with E-state index in [1.54, 1.807) is 6.07 Å². The predicted molar refractivity (Wildman–Crippen MR) is 94.9 cm³/mol. The number of rotatable bonds is 1. The minimum Gasteiger partial charge on any atom is -0.422 e. The lowest BCUT2D eigenvalue weighted by atomic mass is 9.73. The third-order valence-electron chi connectivity index (χ3n) is 5.67. The highest BCUT2D eigenvalue weighted by Gasteiger charge is 2.39. The van der Waals surface area contributed by atoms with E-state index in [1.807, 2.05) is 7.05 Å². The summed E-state index contributed by atoms with van der Waals surface area (Å²) in [6, 6.07) is 3.80. The summed E-state index contributed by atoms with van der Waals surface area (Å²) in [5, 5.41) is 4.20. The van der Waals surface area contributed by atoms with E-state index < -0.39 is 0 Å². The number of hydrogen-bond donors (Lipinski definition) is 1. The van der Waals surface area contributed by atoms with Gasteiger partial charge in [-0.05, 0) is 35.8 Å². The maximum atomic E-state index is 12.1. The van der Waals surface area contributed by atoms with Gasteiger partial charge in [-0.2, -0.15) is 0 Å². The lowest BCUT2D eigenvalue weighted by Gasteiger charge is -2.45. The van der Waals surface area contributed by atoms with E-state index in [4.69, 9.17) is 4.42 Å². The molecule has 0 spiro atoms. The van der Waals surface area contributed by atoms with Crippen LogP contribution in [0.4, 0.5) is 11.4 Å². The Labute approximate surface area is 136 Å². The molecule has 1 aromatic carbocycles. The average molecular weight is 312 g/mol. The van der Waals surface area contributed by atoms with E-state index in [1.165, 1.54) is 23.2 Å². The number of nitrogens with zero attached hydrogens (tertiary/aromatic N) is 1. The van der Waals surface area contributed by atoms with Gasteiger partial charge in [-0.3, -0.25) is 0 Å². The van der Waals surface area contributed by atoms with Crippen LogP contribution in [0.5, 0.6) is 0 Å². The lowest BCUT2D eigenvalue weighted by molar-refractivity contribution is 0.431. The van der Waals surface area contributed by atoms with E-state index in [-0.39, 0.29) is 11.0 Å². The number of hydrogen-bond acceptors (Lipinski definition) is 4. The summed E-state index contributed by atoms with van der Waals surface area (Å²) in [6.07, 6.45) is 2.27. The Hall–Kier alpha value is -1.97. The Morgan fingerprint density at radius 3 is 2.83 bits per heavy atom. The summed E-state index contributed by atoms with van der Waals surface area (Å²) >= 11 is 0. The molecule has 1 N–H and O–H groups in total. The Bertz CT molecular complexity index is 851. The smallest absolute Gasteiger partial charge is 0.338 e. The van der Waals surface area contributed by atoms with E-state index >= 15 is 0 Å². The number of anilines is 2. The van der Waals surface area contributed by atoms with Crippen molar-refractivity contribution in [1.82, 2.24) is 0 Å². The van der Waals surface area contributed by atoms with Crippen molar-refractivity contribution < 1.29 is 4.42 Å². The molecule has 0 saturated heterocycles. The zero-order chi connectivity index (χ0) is 16.4. The molecule has 4 nitrogen and oxygen atoms in total. The first-order chi connectivity index (χ1) is 10.9. The first-order valence-corrected chi connectivity index (χ1v) is 8.50. The predicted octanol–water partition coefficient (Wildman–Crippen LogP) is 3.83. The molecule has 0 saturated carbocycles. The molecule has 3 heterocycles. The van der Waals surface area contributed by atoms with E-state index in [0.717, 1.165) is 36.2 Å². The van der Waals surface area contributed by atoms with Gasteiger partial charge in [0, 0.05) is 42.8 Å². The van der Waals surface area contributed by atoms with Gasteiger partial charge < -0.3 is 14.6 Å².